The number of aromatic amines is 3. The molecule has 0 aliphatic heterocycles. The van der Waals surface area contributed by atoms with Gasteiger partial charge in [-0.1, -0.05) is 0 Å². The Morgan fingerprint density at radius 2 is 2.17 bits per heavy atom. The van der Waals surface area contributed by atoms with E-state index in [1.54, 1.807) is 0 Å². The highest BCUT2D eigenvalue weighted by Gasteiger charge is 2.07. The second kappa shape index (κ2) is 1.58. The fourth-order valence-electron chi connectivity index (χ4n) is 1.08. The van der Waals surface area contributed by atoms with Crippen molar-refractivity contribution in [2.75, 3.05) is 0 Å². The van der Waals surface area contributed by atoms with Crippen molar-refractivity contribution in [2.45, 2.75) is 0 Å². The first kappa shape index (κ1) is 5.58. The molecule has 3 N–H and O–H groups in total. The predicted octanol–water partition coefficient (Wildman–Crippen LogP) is -0.279. The van der Waals surface area contributed by atoms with Gasteiger partial charge in [0, 0.05) is 0 Å². The van der Waals surface area contributed by atoms with E-state index >= 15 is 0 Å². The second-order valence-corrected chi connectivity index (χ2v) is 2.36. The molecule has 0 radical (unpaired) electrons. The fourth-order valence-corrected chi connectivity index (χ4v) is 1.08. The van der Waals surface area contributed by atoms with E-state index in [1.807, 2.05) is 0 Å². The van der Waals surface area contributed by atoms with Crippen LogP contribution in [0.1, 0.15) is 0 Å². The van der Waals surface area contributed by atoms with Gasteiger partial charge in [0.05, 0.1) is 0 Å². The Hall–Kier alpha value is -2.05. The van der Waals surface area contributed by atoms with Crippen LogP contribution in [0, 0.1) is 0 Å². The molecule has 0 aliphatic carbocycles. The van der Waals surface area contributed by atoms with Crippen LogP contribution in [0.4, 0.5) is 0 Å². The summed E-state index contributed by atoms with van der Waals surface area (Å²) in [4.78, 5) is 24.1. The summed E-state index contributed by atoms with van der Waals surface area (Å²) >= 11 is 0. The Balaban J connectivity index is 2.88. The predicted molar refractivity (Wildman–Crippen MR) is 38.6 cm³/mol. The number of nitrogens with zero attached hydrogens (tertiary/aromatic N) is 2. The van der Waals surface area contributed by atoms with Gasteiger partial charge >= 0.3 is 5.84 Å². The second-order valence-electron chi connectivity index (χ2n) is 2.36. The molecule has 0 amide bonds. The average Bonchev–Trinajstić information content (AvgIpc) is 2.33. The van der Waals surface area contributed by atoms with Gasteiger partial charge in [0.2, 0.25) is 5.78 Å². The SMILES string of the molecule is O=c1[nH]c2nc3[nH]c(nc13)o[nH]2. The van der Waals surface area contributed by atoms with Crippen molar-refractivity contribution in [3.63, 3.8) is 0 Å². The molecule has 0 atom stereocenters. The zero-order chi connectivity index (χ0) is 8.13. The minimum atomic E-state index is -0.284. The molecule has 0 aromatic carbocycles. The number of hydrogen-bond donors (Lipinski definition) is 3. The van der Waals surface area contributed by atoms with Crippen LogP contribution in [0.5, 0.6) is 0 Å². The van der Waals surface area contributed by atoms with Crippen LogP contribution in [-0.2, 0) is 0 Å². The number of H-pyrrole nitrogens is 3. The summed E-state index contributed by atoms with van der Waals surface area (Å²) in [6, 6.07) is 0. The highest BCUT2D eigenvalue weighted by Crippen LogP contribution is 2.05. The number of hydrogen-bond acceptors (Lipinski definition) is 4. The third kappa shape index (κ3) is 0.529. The van der Waals surface area contributed by atoms with Crippen LogP contribution in [0.2, 0.25) is 0 Å². The molecule has 0 saturated carbocycles. The molecule has 7 nitrogen and oxygen atoms in total. The smallest absolute Gasteiger partial charge is 0.323 e. The summed E-state index contributed by atoms with van der Waals surface area (Å²) in [5.41, 5.74) is 0.400. The molecule has 3 aromatic heterocycles. The molecule has 0 aliphatic rings. The average molecular weight is 165 g/mol. The quantitative estimate of drug-likeness (QED) is 0.426. The van der Waals surface area contributed by atoms with Crippen LogP contribution in [0.3, 0.4) is 0 Å². The van der Waals surface area contributed by atoms with Crippen LogP contribution >= 0.6 is 0 Å². The maximum atomic E-state index is 11.2. The summed E-state index contributed by atoms with van der Waals surface area (Å²) in [6.07, 6.45) is 0. The maximum absolute atomic E-state index is 11.2. The number of imidazole rings is 1. The van der Waals surface area contributed by atoms with E-state index in [9.17, 15) is 4.79 Å². The van der Waals surface area contributed by atoms with Gasteiger partial charge < -0.3 is 4.52 Å². The van der Waals surface area contributed by atoms with Crippen LogP contribution in [-0.4, -0.2) is 25.1 Å². The molecule has 3 rings (SSSR count). The summed E-state index contributed by atoms with van der Waals surface area (Å²) in [7, 11) is 0. The lowest BCUT2D eigenvalue weighted by atomic mass is 10.5. The normalized spacial score (nSPS) is 11.7. The lowest BCUT2D eigenvalue weighted by Gasteiger charge is -1.87. The largest absolute Gasteiger partial charge is 0.339 e. The molecule has 0 spiro atoms. The summed E-state index contributed by atoms with van der Waals surface area (Å²) < 4.78 is 4.88. The van der Waals surface area contributed by atoms with Crippen molar-refractivity contribution in [2.24, 2.45) is 0 Å². The van der Waals surface area contributed by atoms with Crippen molar-refractivity contribution in [3.05, 3.63) is 10.4 Å². The molecular formula is C5H3N5O2. The van der Waals surface area contributed by atoms with Gasteiger partial charge in [0.25, 0.3) is 5.56 Å². The van der Waals surface area contributed by atoms with Gasteiger partial charge in [-0.05, 0) is 0 Å². The topological polar surface area (TPSA) is 103 Å². The Morgan fingerprint density at radius 1 is 1.25 bits per heavy atom. The molecule has 3 heterocycles. The molecule has 0 saturated heterocycles. The van der Waals surface area contributed by atoms with Gasteiger partial charge in [-0.3, -0.25) is 14.8 Å². The first-order valence-corrected chi connectivity index (χ1v) is 3.26. The lowest BCUT2D eigenvalue weighted by molar-refractivity contribution is 0.435. The fraction of sp³-hybridized carbons (Fsp3) is 0. The molecule has 60 valence electrons. The first-order chi connectivity index (χ1) is 5.83. The van der Waals surface area contributed by atoms with Crippen LogP contribution < -0.4 is 5.56 Å². The standard InChI is InChI=1S/C5H3N5O2/c11-3-1-2-7-4(9-3)10-12-5(6-1)8-2/h(H3,6,7,8,9,10,11). The molecule has 12 heavy (non-hydrogen) atoms. The van der Waals surface area contributed by atoms with E-state index in [2.05, 4.69) is 25.1 Å². The van der Waals surface area contributed by atoms with Crippen molar-refractivity contribution >= 4 is 22.8 Å². The molecule has 0 unspecified atom stereocenters. The van der Waals surface area contributed by atoms with E-state index < -0.39 is 0 Å². The Kier molecular flexibility index (Phi) is 0.733. The van der Waals surface area contributed by atoms with Crippen LogP contribution in [0.15, 0.2) is 9.32 Å². The molecule has 7 heteroatoms. The Labute approximate surface area is 63.8 Å². The Morgan fingerprint density at radius 3 is 3.08 bits per heavy atom. The van der Waals surface area contributed by atoms with Gasteiger partial charge in [-0.2, -0.15) is 15.1 Å². The summed E-state index contributed by atoms with van der Waals surface area (Å²) in [6.45, 7) is 0. The number of aromatic nitrogens is 5. The van der Waals surface area contributed by atoms with Gasteiger partial charge in [-0.25, -0.2) is 0 Å². The van der Waals surface area contributed by atoms with E-state index in [0.717, 1.165) is 0 Å². The molecular weight excluding hydrogens is 162 g/mol. The van der Waals surface area contributed by atoms with Crippen molar-refractivity contribution < 1.29 is 4.52 Å². The van der Waals surface area contributed by atoms with E-state index in [4.69, 9.17) is 4.52 Å². The maximum Gasteiger partial charge on any atom is 0.323 e. The third-order valence-electron chi connectivity index (χ3n) is 1.58. The third-order valence-corrected chi connectivity index (χ3v) is 1.58. The first-order valence-electron chi connectivity index (χ1n) is 3.26. The number of nitrogens with one attached hydrogen (secondary N) is 3. The highest BCUT2D eigenvalue weighted by molar-refractivity contribution is 5.73. The number of rotatable bonds is 0. The molecule has 3 aromatic rings. The van der Waals surface area contributed by atoms with Gasteiger partial charge in [0.15, 0.2) is 11.2 Å². The monoisotopic (exact) mass is 165 g/mol. The molecule has 0 fully saturated rings. The van der Waals surface area contributed by atoms with E-state index in [1.165, 1.54) is 0 Å². The van der Waals surface area contributed by atoms with Crippen molar-refractivity contribution in [1.29, 1.82) is 0 Å². The zero-order valence-electron chi connectivity index (χ0n) is 5.71. The zero-order valence-corrected chi connectivity index (χ0v) is 5.71. The molecule has 3 bridgehead atoms. The van der Waals surface area contributed by atoms with Gasteiger partial charge in [0.1, 0.15) is 0 Å². The summed E-state index contributed by atoms with van der Waals surface area (Å²) in [5.74, 6) is 0.518. The Bertz CT molecular complexity index is 596. The lowest BCUT2D eigenvalue weighted by Crippen LogP contribution is -2.08. The minimum absolute atomic E-state index is 0.244. The minimum Gasteiger partial charge on any atom is -0.339 e. The van der Waals surface area contributed by atoms with Gasteiger partial charge in [-0.15, -0.1) is 0 Å². The highest BCUT2D eigenvalue weighted by atomic mass is 16.5. The van der Waals surface area contributed by atoms with Crippen molar-refractivity contribution in [1.82, 2.24) is 25.1 Å². The van der Waals surface area contributed by atoms with Crippen LogP contribution in [0.25, 0.3) is 22.8 Å². The van der Waals surface area contributed by atoms with Crippen molar-refractivity contribution in [3.8, 4) is 0 Å². The summed E-state index contributed by atoms with van der Waals surface area (Å²) in [5, 5.41) is 2.42. The van der Waals surface area contributed by atoms with E-state index in [0.29, 0.717) is 5.65 Å². The number of fused-ring (bicyclic) bond motifs is 2. The van der Waals surface area contributed by atoms with E-state index in [-0.39, 0.29) is 22.7 Å².